The maximum atomic E-state index is 8.68. The van der Waals surface area contributed by atoms with Crippen LogP contribution in [0.1, 0.15) is 27.7 Å². The second-order valence-corrected chi connectivity index (χ2v) is 5.24. The van der Waals surface area contributed by atoms with Crippen LogP contribution in [-0.2, 0) is 5.54 Å². The van der Waals surface area contributed by atoms with E-state index >= 15 is 0 Å². The molecule has 1 unspecified atom stereocenters. The van der Waals surface area contributed by atoms with Crippen LogP contribution < -0.4 is 0 Å². The molecule has 5 nitrogen and oxygen atoms in total. The van der Waals surface area contributed by atoms with E-state index in [0.29, 0.717) is 5.16 Å². The highest BCUT2D eigenvalue weighted by Crippen LogP contribution is 2.24. The Morgan fingerprint density at radius 1 is 1.50 bits per heavy atom. The molecule has 14 heavy (non-hydrogen) atoms. The monoisotopic (exact) mass is 211 g/mol. The molecule has 0 saturated carbocycles. The lowest BCUT2D eigenvalue weighted by atomic mass is 10.1. The van der Waals surface area contributed by atoms with Crippen LogP contribution in [0.15, 0.2) is 5.16 Å². The molecular formula is C8H13N5S. The normalized spacial score (nSPS) is 13.6. The minimum atomic E-state index is -0.152. The maximum absolute atomic E-state index is 8.68. The zero-order valence-corrected chi connectivity index (χ0v) is 9.54. The van der Waals surface area contributed by atoms with Crippen LogP contribution in [0, 0.1) is 11.3 Å². The van der Waals surface area contributed by atoms with Crippen molar-refractivity contribution in [2.45, 2.75) is 43.6 Å². The lowest BCUT2D eigenvalue weighted by Gasteiger charge is -2.19. The SMILES string of the molecule is CC(C#N)Sc1nnnn1C(C)(C)C. The third-order valence-corrected chi connectivity index (χ3v) is 2.46. The summed E-state index contributed by atoms with van der Waals surface area (Å²) < 4.78 is 1.73. The molecule has 0 fully saturated rings. The molecule has 0 bridgehead atoms. The predicted octanol–water partition coefficient (Wildman–Crippen LogP) is 1.43. The van der Waals surface area contributed by atoms with E-state index in [1.54, 1.807) is 4.68 Å². The summed E-state index contributed by atoms with van der Waals surface area (Å²) in [5, 5.41) is 20.6. The minimum absolute atomic E-state index is 0.137. The van der Waals surface area contributed by atoms with Crippen molar-refractivity contribution in [3.05, 3.63) is 0 Å². The molecule has 6 heteroatoms. The topological polar surface area (TPSA) is 67.4 Å². The van der Waals surface area contributed by atoms with Gasteiger partial charge in [-0.1, -0.05) is 11.8 Å². The molecule has 0 spiro atoms. The molecule has 1 rings (SSSR count). The molecule has 76 valence electrons. The van der Waals surface area contributed by atoms with Gasteiger partial charge in [-0.3, -0.25) is 0 Å². The quantitative estimate of drug-likeness (QED) is 0.692. The summed E-state index contributed by atoms with van der Waals surface area (Å²) >= 11 is 1.37. The van der Waals surface area contributed by atoms with Gasteiger partial charge in [0.25, 0.3) is 0 Å². The van der Waals surface area contributed by atoms with E-state index in [4.69, 9.17) is 5.26 Å². The van der Waals surface area contributed by atoms with E-state index in [-0.39, 0.29) is 10.8 Å². The first-order chi connectivity index (χ1) is 6.45. The Morgan fingerprint density at radius 2 is 2.14 bits per heavy atom. The van der Waals surface area contributed by atoms with Gasteiger partial charge in [-0.25, -0.2) is 4.68 Å². The number of nitrogens with zero attached hydrogens (tertiary/aromatic N) is 5. The molecule has 0 aliphatic heterocycles. The molecule has 1 aromatic heterocycles. The predicted molar refractivity (Wildman–Crippen MR) is 53.7 cm³/mol. The van der Waals surface area contributed by atoms with Crippen molar-refractivity contribution < 1.29 is 0 Å². The average Bonchev–Trinajstić information content (AvgIpc) is 2.51. The van der Waals surface area contributed by atoms with Gasteiger partial charge >= 0.3 is 0 Å². The molecule has 0 aromatic carbocycles. The summed E-state index contributed by atoms with van der Waals surface area (Å²) in [7, 11) is 0. The first kappa shape index (κ1) is 11.0. The van der Waals surface area contributed by atoms with E-state index in [9.17, 15) is 0 Å². The average molecular weight is 211 g/mol. The first-order valence-corrected chi connectivity index (χ1v) is 5.18. The van der Waals surface area contributed by atoms with Gasteiger partial charge in [0, 0.05) is 0 Å². The van der Waals surface area contributed by atoms with Crippen LogP contribution in [0.4, 0.5) is 0 Å². The molecule has 0 saturated heterocycles. The fourth-order valence-electron chi connectivity index (χ4n) is 0.858. The minimum Gasteiger partial charge on any atom is -0.215 e. The van der Waals surface area contributed by atoms with Crippen LogP contribution in [0.5, 0.6) is 0 Å². The Labute approximate surface area is 87.5 Å². The van der Waals surface area contributed by atoms with E-state index in [1.165, 1.54) is 11.8 Å². The Bertz CT molecular complexity index is 345. The van der Waals surface area contributed by atoms with Gasteiger partial charge in [0.15, 0.2) is 0 Å². The first-order valence-electron chi connectivity index (χ1n) is 4.30. The van der Waals surface area contributed by atoms with Crippen LogP contribution in [0.2, 0.25) is 0 Å². The third kappa shape index (κ3) is 2.45. The molecule has 1 atom stereocenters. The number of aromatic nitrogens is 4. The van der Waals surface area contributed by atoms with Gasteiger partial charge in [0.05, 0.1) is 16.9 Å². The summed E-state index contributed by atoms with van der Waals surface area (Å²) in [6, 6.07) is 2.14. The fraction of sp³-hybridized carbons (Fsp3) is 0.750. The number of rotatable bonds is 2. The second-order valence-electron chi connectivity index (χ2n) is 3.93. The summed E-state index contributed by atoms with van der Waals surface area (Å²) in [5.41, 5.74) is -0.152. The molecule has 0 amide bonds. The van der Waals surface area contributed by atoms with E-state index in [2.05, 4.69) is 21.6 Å². The van der Waals surface area contributed by atoms with Gasteiger partial charge in [-0.05, 0) is 38.1 Å². The highest BCUT2D eigenvalue weighted by molar-refractivity contribution is 8.00. The summed E-state index contributed by atoms with van der Waals surface area (Å²) in [6.45, 7) is 7.88. The van der Waals surface area contributed by atoms with Crippen LogP contribution >= 0.6 is 11.8 Å². The summed E-state index contributed by atoms with van der Waals surface area (Å²) in [4.78, 5) is 0. The van der Waals surface area contributed by atoms with E-state index in [1.807, 2.05) is 27.7 Å². The van der Waals surface area contributed by atoms with Crippen molar-refractivity contribution >= 4 is 11.8 Å². The zero-order chi connectivity index (χ0) is 10.8. The largest absolute Gasteiger partial charge is 0.215 e. The van der Waals surface area contributed by atoms with E-state index in [0.717, 1.165) is 0 Å². The molecular weight excluding hydrogens is 198 g/mol. The number of thioether (sulfide) groups is 1. The highest BCUT2D eigenvalue weighted by atomic mass is 32.2. The van der Waals surface area contributed by atoms with Gasteiger partial charge in [-0.15, -0.1) is 5.10 Å². The fourth-order valence-corrected chi connectivity index (χ4v) is 1.72. The number of tetrazole rings is 1. The molecule has 0 aliphatic rings. The van der Waals surface area contributed by atoms with E-state index < -0.39 is 0 Å². The highest BCUT2D eigenvalue weighted by Gasteiger charge is 2.21. The number of nitriles is 1. The lowest BCUT2D eigenvalue weighted by molar-refractivity contribution is 0.321. The molecule has 0 radical (unpaired) electrons. The lowest BCUT2D eigenvalue weighted by Crippen LogP contribution is -2.24. The van der Waals surface area contributed by atoms with Crippen molar-refractivity contribution in [2.75, 3.05) is 0 Å². The summed E-state index contributed by atoms with van der Waals surface area (Å²) in [5.74, 6) is 0. The Kier molecular flexibility index (Phi) is 3.11. The second kappa shape index (κ2) is 3.96. The Balaban J connectivity index is 2.90. The van der Waals surface area contributed by atoms with Crippen molar-refractivity contribution in [2.24, 2.45) is 0 Å². The molecule has 1 heterocycles. The maximum Gasteiger partial charge on any atom is 0.211 e. The van der Waals surface area contributed by atoms with Gasteiger partial charge in [-0.2, -0.15) is 5.26 Å². The van der Waals surface area contributed by atoms with Crippen molar-refractivity contribution in [3.8, 4) is 6.07 Å². The Hall–Kier alpha value is -1.09. The standard InChI is InChI=1S/C8H13N5S/c1-6(5-9)14-7-10-11-12-13(7)8(2,3)4/h6H,1-4H3. The molecule has 1 aromatic rings. The van der Waals surface area contributed by atoms with Gasteiger partial charge in [0.2, 0.25) is 5.16 Å². The smallest absolute Gasteiger partial charge is 0.211 e. The van der Waals surface area contributed by atoms with Crippen molar-refractivity contribution in [1.29, 1.82) is 5.26 Å². The van der Waals surface area contributed by atoms with Gasteiger partial charge < -0.3 is 0 Å². The Morgan fingerprint density at radius 3 is 2.64 bits per heavy atom. The number of hydrogen-bond acceptors (Lipinski definition) is 5. The number of hydrogen-bond donors (Lipinski definition) is 0. The summed E-state index contributed by atoms with van der Waals surface area (Å²) in [6.07, 6.45) is 0. The van der Waals surface area contributed by atoms with Crippen molar-refractivity contribution in [1.82, 2.24) is 20.2 Å². The van der Waals surface area contributed by atoms with Crippen LogP contribution in [0.3, 0.4) is 0 Å². The molecule has 0 aliphatic carbocycles. The van der Waals surface area contributed by atoms with Gasteiger partial charge in [0.1, 0.15) is 0 Å². The third-order valence-electron chi connectivity index (χ3n) is 1.54. The van der Waals surface area contributed by atoms with Crippen LogP contribution in [-0.4, -0.2) is 25.5 Å². The molecule has 0 N–H and O–H groups in total. The van der Waals surface area contributed by atoms with Crippen molar-refractivity contribution in [3.63, 3.8) is 0 Å². The zero-order valence-electron chi connectivity index (χ0n) is 8.72. The van der Waals surface area contributed by atoms with Crippen LogP contribution in [0.25, 0.3) is 0 Å².